The van der Waals surface area contributed by atoms with Crippen molar-refractivity contribution in [2.45, 2.75) is 19.3 Å². The molecule has 48 valence electrons. The van der Waals surface area contributed by atoms with E-state index in [1.165, 1.54) is 0 Å². The van der Waals surface area contributed by atoms with Crippen molar-refractivity contribution in [3.63, 3.8) is 0 Å². The van der Waals surface area contributed by atoms with Crippen molar-refractivity contribution in [3.8, 4) is 12.3 Å². The summed E-state index contributed by atoms with van der Waals surface area (Å²) in [7, 11) is 0. The molecule has 0 aromatic carbocycles. The van der Waals surface area contributed by atoms with E-state index >= 15 is 0 Å². The third kappa shape index (κ3) is 0.904. The molecule has 1 N–H and O–H groups in total. The van der Waals surface area contributed by atoms with Gasteiger partial charge in [0.25, 0.3) is 0 Å². The van der Waals surface area contributed by atoms with Crippen molar-refractivity contribution < 1.29 is 9.90 Å². The summed E-state index contributed by atoms with van der Waals surface area (Å²) >= 11 is 0. The van der Waals surface area contributed by atoms with Crippen molar-refractivity contribution in [1.29, 1.82) is 0 Å². The van der Waals surface area contributed by atoms with Crippen LogP contribution >= 0.6 is 0 Å². The molecule has 0 unspecified atom stereocenters. The third-order valence-corrected chi connectivity index (χ3v) is 1.75. The molecule has 0 aromatic rings. The van der Waals surface area contributed by atoms with E-state index in [1.54, 1.807) is 0 Å². The largest absolute Gasteiger partial charge is 0.481 e. The number of hydrogen-bond donors (Lipinski definition) is 1. The Balaban J connectivity index is 2.55. The molecule has 0 aromatic heterocycles. The molecule has 2 heteroatoms. The van der Waals surface area contributed by atoms with Gasteiger partial charge in [-0.1, -0.05) is 0 Å². The Morgan fingerprint density at radius 2 is 2.33 bits per heavy atom. The molecule has 0 aliphatic heterocycles. The van der Waals surface area contributed by atoms with Gasteiger partial charge in [-0.3, -0.25) is 4.79 Å². The van der Waals surface area contributed by atoms with Crippen molar-refractivity contribution in [1.82, 2.24) is 0 Å². The van der Waals surface area contributed by atoms with Crippen LogP contribution in [0.5, 0.6) is 0 Å². The van der Waals surface area contributed by atoms with E-state index in [1.807, 2.05) is 0 Å². The molecule has 1 rings (SSSR count). The van der Waals surface area contributed by atoms with Gasteiger partial charge in [-0.25, -0.2) is 0 Å². The van der Waals surface area contributed by atoms with Gasteiger partial charge in [-0.05, 0) is 12.8 Å². The molecule has 1 aliphatic carbocycles. The third-order valence-electron chi connectivity index (χ3n) is 1.75. The Labute approximate surface area is 53.9 Å². The monoisotopic (exact) mass is 124 g/mol. The van der Waals surface area contributed by atoms with Gasteiger partial charge >= 0.3 is 5.97 Å². The number of aliphatic carboxylic acids is 1. The molecule has 0 spiro atoms. The standard InChI is InChI=1S/C7H8O2/c1-2-3-7(4-5-7)6(8)9/h1H,3-5H2,(H,8,9). The lowest BCUT2D eigenvalue weighted by molar-refractivity contribution is -0.143. The number of carboxylic acids is 1. The molecule has 1 fully saturated rings. The molecular weight excluding hydrogens is 116 g/mol. The minimum Gasteiger partial charge on any atom is -0.481 e. The van der Waals surface area contributed by atoms with Gasteiger partial charge in [0, 0.05) is 6.42 Å². The zero-order chi connectivity index (χ0) is 6.91. The highest BCUT2D eigenvalue weighted by Crippen LogP contribution is 2.48. The molecule has 1 aliphatic rings. The molecule has 0 atom stereocenters. The number of hydrogen-bond acceptors (Lipinski definition) is 1. The summed E-state index contributed by atoms with van der Waals surface area (Å²) in [6.45, 7) is 0. The Morgan fingerprint density at radius 3 is 2.44 bits per heavy atom. The molecule has 0 amide bonds. The highest BCUT2D eigenvalue weighted by Gasteiger charge is 2.49. The predicted octanol–water partition coefficient (Wildman–Crippen LogP) is 0.875. The van der Waals surface area contributed by atoms with Gasteiger partial charge in [0.05, 0.1) is 5.41 Å². The minimum atomic E-state index is -0.736. The van der Waals surface area contributed by atoms with Crippen molar-refractivity contribution in [3.05, 3.63) is 0 Å². The van der Waals surface area contributed by atoms with Crippen LogP contribution in [0.3, 0.4) is 0 Å². The van der Waals surface area contributed by atoms with Gasteiger partial charge in [-0.2, -0.15) is 0 Å². The number of carboxylic acid groups (broad SMARTS) is 1. The van der Waals surface area contributed by atoms with Crippen molar-refractivity contribution in [2.75, 3.05) is 0 Å². The average molecular weight is 124 g/mol. The van der Waals surface area contributed by atoms with Crippen LogP contribution < -0.4 is 0 Å². The van der Waals surface area contributed by atoms with E-state index in [9.17, 15) is 4.79 Å². The molecule has 9 heavy (non-hydrogen) atoms. The lowest BCUT2D eigenvalue weighted by Crippen LogP contribution is -2.13. The van der Waals surface area contributed by atoms with Crippen LogP contribution in [0, 0.1) is 17.8 Å². The quantitative estimate of drug-likeness (QED) is 0.555. The van der Waals surface area contributed by atoms with Crippen LogP contribution in [0.2, 0.25) is 0 Å². The highest BCUT2D eigenvalue weighted by atomic mass is 16.4. The fourth-order valence-corrected chi connectivity index (χ4v) is 0.813. The van der Waals surface area contributed by atoms with E-state index in [4.69, 9.17) is 11.5 Å². The van der Waals surface area contributed by atoms with Crippen LogP contribution in [0.25, 0.3) is 0 Å². The SMILES string of the molecule is C#CCC1(C(=O)O)CC1. The van der Waals surface area contributed by atoms with E-state index < -0.39 is 11.4 Å². The predicted molar refractivity (Wildman–Crippen MR) is 32.8 cm³/mol. The summed E-state index contributed by atoms with van der Waals surface area (Å²) in [6, 6.07) is 0. The second-order valence-electron chi connectivity index (χ2n) is 2.47. The fourth-order valence-electron chi connectivity index (χ4n) is 0.813. The first kappa shape index (κ1) is 6.15. The second kappa shape index (κ2) is 1.77. The highest BCUT2D eigenvalue weighted by molar-refractivity contribution is 5.78. The summed E-state index contributed by atoms with van der Waals surface area (Å²) < 4.78 is 0. The Bertz CT molecular complexity index is 172. The number of carbonyl (C=O) groups is 1. The van der Waals surface area contributed by atoms with Gasteiger partial charge in [0.1, 0.15) is 0 Å². The van der Waals surface area contributed by atoms with Gasteiger partial charge in [-0.15, -0.1) is 12.3 Å². The maximum atomic E-state index is 10.4. The smallest absolute Gasteiger partial charge is 0.310 e. The lowest BCUT2D eigenvalue weighted by atomic mass is 10.0. The Kier molecular flexibility index (Phi) is 1.21. The summed E-state index contributed by atoms with van der Waals surface area (Å²) in [6.07, 6.45) is 6.88. The fraction of sp³-hybridized carbons (Fsp3) is 0.571. The molecule has 2 nitrogen and oxygen atoms in total. The van der Waals surface area contributed by atoms with Gasteiger partial charge in [0.2, 0.25) is 0 Å². The molecule has 0 bridgehead atoms. The average Bonchev–Trinajstić information content (AvgIpc) is 2.49. The zero-order valence-electron chi connectivity index (χ0n) is 5.05. The maximum Gasteiger partial charge on any atom is 0.310 e. The van der Waals surface area contributed by atoms with Crippen molar-refractivity contribution in [2.24, 2.45) is 5.41 Å². The van der Waals surface area contributed by atoms with Crippen molar-refractivity contribution >= 4 is 5.97 Å². The second-order valence-corrected chi connectivity index (χ2v) is 2.47. The molecule has 1 saturated carbocycles. The zero-order valence-corrected chi connectivity index (χ0v) is 5.05. The van der Waals surface area contributed by atoms with E-state index in [0.717, 1.165) is 12.8 Å². The van der Waals surface area contributed by atoms with Crippen LogP contribution in [-0.4, -0.2) is 11.1 Å². The van der Waals surface area contributed by atoms with Gasteiger partial charge in [0.15, 0.2) is 0 Å². The molecule has 0 radical (unpaired) electrons. The van der Waals surface area contributed by atoms with Crippen LogP contribution in [0.15, 0.2) is 0 Å². The molecule has 0 saturated heterocycles. The Hall–Kier alpha value is -0.970. The van der Waals surface area contributed by atoms with E-state index in [2.05, 4.69) is 5.92 Å². The summed E-state index contributed by atoms with van der Waals surface area (Å²) in [4.78, 5) is 10.4. The number of rotatable bonds is 2. The number of terminal acetylenes is 1. The van der Waals surface area contributed by atoms with E-state index in [0.29, 0.717) is 6.42 Å². The first-order chi connectivity index (χ1) is 4.21. The summed E-state index contributed by atoms with van der Waals surface area (Å²) in [5, 5.41) is 8.54. The summed E-state index contributed by atoms with van der Waals surface area (Å²) in [5.41, 5.74) is -0.519. The first-order valence-corrected chi connectivity index (χ1v) is 2.88. The van der Waals surface area contributed by atoms with Crippen LogP contribution in [0.1, 0.15) is 19.3 Å². The normalized spacial score (nSPS) is 20.3. The molecular formula is C7H8O2. The van der Waals surface area contributed by atoms with E-state index in [-0.39, 0.29) is 0 Å². The van der Waals surface area contributed by atoms with Gasteiger partial charge < -0.3 is 5.11 Å². The topological polar surface area (TPSA) is 37.3 Å². The van der Waals surface area contributed by atoms with Crippen LogP contribution in [0.4, 0.5) is 0 Å². The Morgan fingerprint density at radius 1 is 1.78 bits per heavy atom. The lowest BCUT2D eigenvalue weighted by Gasteiger charge is -2.01. The maximum absolute atomic E-state index is 10.4. The summed E-state index contributed by atoms with van der Waals surface area (Å²) in [5.74, 6) is 1.64. The van der Waals surface area contributed by atoms with Crippen LogP contribution in [-0.2, 0) is 4.79 Å². The minimum absolute atomic E-state index is 0.391. The first-order valence-electron chi connectivity index (χ1n) is 2.88. The molecule has 0 heterocycles.